The van der Waals surface area contributed by atoms with Crippen LogP contribution >= 0.6 is 15.9 Å². The Morgan fingerprint density at radius 1 is 1.12 bits per heavy atom. The van der Waals surface area contributed by atoms with Crippen LogP contribution in [0, 0.1) is 5.92 Å². The summed E-state index contributed by atoms with van der Waals surface area (Å²) in [4.78, 5) is 20.6. The number of ether oxygens (including phenoxy) is 1. The first-order chi connectivity index (χ1) is 12.4. The molecule has 136 valence electrons. The molecule has 1 heterocycles. The van der Waals surface area contributed by atoms with Crippen molar-refractivity contribution >= 4 is 32.9 Å². The van der Waals surface area contributed by atoms with Crippen molar-refractivity contribution in [1.82, 2.24) is 15.3 Å². The number of amides is 1. The molecule has 0 aliphatic heterocycles. The molecule has 2 N–H and O–H groups in total. The molecule has 0 radical (unpaired) electrons. The number of nitrogens with zero attached hydrogens (tertiary/aromatic N) is 1. The second-order valence-corrected chi connectivity index (χ2v) is 7.50. The Morgan fingerprint density at radius 3 is 2.46 bits per heavy atom. The number of hydrogen-bond acceptors (Lipinski definition) is 3. The highest BCUT2D eigenvalue weighted by atomic mass is 79.9. The molecule has 3 aromatic rings. The lowest BCUT2D eigenvalue weighted by atomic mass is 10.0. The monoisotopic (exact) mass is 415 g/mol. The van der Waals surface area contributed by atoms with Gasteiger partial charge in [0.1, 0.15) is 11.6 Å². The number of aromatic nitrogens is 2. The Balaban J connectivity index is 1.72. The van der Waals surface area contributed by atoms with Gasteiger partial charge < -0.3 is 15.0 Å². The number of rotatable bonds is 6. The predicted octanol–water partition coefficient (Wildman–Crippen LogP) is 4.61. The molecule has 0 aliphatic rings. The highest BCUT2D eigenvalue weighted by Crippen LogP contribution is 2.23. The van der Waals surface area contributed by atoms with Crippen LogP contribution in [-0.2, 0) is 4.79 Å². The van der Waals surface area contributed by atoms with Crippen LogP contribution < -0.4 is 10.1 Å². The fourth-order valence-corrected chi connectivity index (χ4v) is 2.98. The summed E-state index contributed by atoms with van der Waals surface area (Å²) in [6, 6.07) is 15.0. The van der Waals surface area contributed by atoms with Crippen molar-refractivity contribution in [3.63, 3.8) is 0 Å². The van der Waals surface area contributed by atoms with E-state index in [2.05, 4.69) is 45.1 Å². The highest BCUT2D eigenvalue weighted by molar-refractivity contribution is 9.10. The lowest BCUT2D eigenvalue weighted by Gasteiger charge is -2.23. The normalized spacial score (nSPS) is 13.6. The number of H-pyrrole nitrogens is 1. The van der Waals surface area contributed by atoms with E-state index in [0.29, 0.717) is 5.75 Å². The van der Waals surface area contributed by atoms with Crippen LogP contribution in [0.5, 0.6) is 5.75 Å². The molecule has 0 saturated carbocycles. The lowest BCUT2D eigenvalue weighted by molar-refractivity contribution is -0.128. The van der Waals surface area contributed by atoms with Gasteiger partial charge in [0.05, 0.1) is 17.1 Å². The molecular formula is C20H22BrN3O2. The van der Waals surface area contributed by atoms with Gasteiger partial charge in [-0.3, -0.25) is 4.79 Å². The maximum absolute atomic E-state index is 12.6. The number of carbonyl (C=O) groups excluding carboxylic acids is 1. The summed E-state index contributed by atoms with van der Waals surface area (Å²) >= 11 is 3.38. The molecule has 6 heteroatoms. The Morgan fingerprint density at radius 2 is 1.81 bits per heavy atom. The molecule has 0 bridgehead atoms. The van der Waals surface area contributed by atoms with Crippen LogP contribution in [0.3, 0.4) is 0 Å². The zero-order valence-electron chi connectivity index (χ0n) is 15.0. The van der Waals surface area contributed by atoms with Gasteiger partial charge in [0.25, 0.3) is 5.91 Å². The first kappa shape index (κ1) is 18.5. The largest absolute Gasteiger partial charge is 0.481 e. The van der Waals surface area contributed by atoms with Gasteiger partial charge in [-0.15, -0.1) is 0 Å². The number of imidazole rings is 1. The lowest BCUT2D eigenvalue weighted by Crippen LogP contribution is -2.40. The minimum atomic E-state index is -0.609. The molecular weight excluding hydrogens is 394 g/mol. The first-order valence-corrected chi connectivity index (χ1v) is 9.40. The Hall–Kier alpha value is -2.34. The maximum atomic E-state index is 12.6. The summed E-state index contributed by atoms with van der Waals surface area (Å²) in [6.07, 6.45) is -0.609. The van der Waals surface area contributed by atoms with E-state index in [1.165, 1.54) is 0 Å². The van der Waals surface area contributed by atoms with E-state index in [0.717, 1.165) is 21.3 Å². The molecule has 1 aromatic heterocycles. The van der Waals surface area contributed by atoms with Gasteiger partial charge in [-0.2, -0.15) is 0 Å². The quantitative estimate of drug-likeness (QED) is 0.617. The van der Waals surface area contributed by atoms with E-state index >= 15 is 0 Å². The third kappa shape index (κ3) is 4.25. The molecule has 5 nitrogen and oxygen atoms in total. The highest BCUT2D eigenvalue weighted by Gasteiger charge is 2.25. The zero-order valence-corrected chi connectivity index (χ0v) is 16.6. The van der Waals surface area contributed by atoms with Gasteiger partial charge in [-0.05, 0) is 49.2 Å². The summed E-state index contributed by atoms with van der Waals surface area (Å²) in [7, 11) is 0. The molecule has 0 unspecified atom stereocenters. The van der Waals surface area contributed by atoms with Crippen molar-refractivity contribution < 1.29 is 9.53 Å². The van der Waals surface area contributed by atoms with Crippen molar-refractivity contribution in [1.29, 1.82) is 0 Å². The molecule has 26 heavy (non-hydrogen) atoms. The standard InChI is InChI=1S/C20H22BrN3O2/c1-12(2)18(19-22-16-6-4-5-7-17(16)23-19)24-20(25)13(3)26-15-10-8-14(21)9-11-15/h4-13,18H,1-3H3,(H,22,23)(H,24,25)/t13-,18+/m1/s1. The summed E-state index contributed by atoms with van der Waals surface area (Å²) < 4.78 is 6.71. The summed E-state index contributed by atoms with van der Waals surface area (Å²) in [5.74, 6) is 1.41. The summed E-state index contributed by atoms with van der Waals surface area (Å²) in [5.41, 5.74) is 1.85. The minimum absolute atomic E-state index is 0.174. The first-order valence-electron chi connectivity index (χ1n) is 8.61. The average molecular weight is 416 g/mol. The molecule has 1 amide bonds. The van der Waals surface area contributed by atoms with Crippen molar-refractivity contribution in [3.8, 4) is 5.75 Å². The molecule has 0 saturated heterocycles. The number of aromatic amines is 1. The smallest absolute Gasteiger partial charge is 0.261 e. The van der Waals surface area contributed by atoms with Crippen LogP contribution in [0.25, 0.3) is 11.0 Å². The zero-order chi connectivity index (χ0) is 18.7. The molecule has 2 atom stereocenters. The average Bonchev–Trinajstić information content (AvgIpc) is 3.04. The van der Waals surface area contributed by atoms with E-state index in [1.54, 1.807) is 6.92 Å². The van der Waals surface area contributed by atoms with Gasteiger partial charge in [0.15, 0.2) is 6.10 Å². The number of halogens is 1. The fraction of sp³-hybridized carbons (Fsp3) is 0.300. The van der Waals surface area contributed by atoms with Crippen LogP contribution in [0.15, 0.2) is 53.0 Å². The van der Waals surface area contributed by atoms with Crippen molar-refractivity contribution in [2.75, 3.05) is 0 Å². The molecule has 3 rings (SSSR count). The van der Waals surface area contributed by atoms with Crippen LogP contribution in [0.4, 0.5) is 0 Å². The molecule has 0 spiro atoms. The molecule has 0 fully saturated rings. The van der Waals surface area contributed by atoms with E-state index < -0.39 is 6.10 Å². The van der Waals surface area contributed by atoms with E-state index in [9.17, 15) is 4.79 Å². The predicted molar refractivity (Wildman–Crippen MR) is 106 cm³/mol. The van der Waals surface area contributed by atoms with Crippen LogP contribution in [-0.4, -0.2) is 22.0 Å². The van der Waals surface area contributed by atoms with E-state index in [-0.39, 0.29) is 17.9 Å². The van der Waals surface area contributed by atoms with Gasteiger partial charge in [-0.25, -0.2) is 4.98 Å². The van der Waals surface area contributed by atoms with Crippen LogP contribution in [0.2, 0.25) is 0 Å². The number of fused-ring (bicyclic) bond motifs is 1. The third-order valence-corrected chi connectivity index (χ3v) is 4.69. The van der Waals surface area contributed by atoms with Crippen molar-refractivity contribution in [2.45, 2.75) is 32.9 Å². The number of nitrogens with one attached hydrogen (secondary N) is 2. The SMILES string of the molecule is CC(C)[C@H](NC(=O)[C@@H](C)Oc1ccc(Br)cc1)c1nc2ccccc2[nH]1. The second kappa shape index (κ2) is 7.91. The van der Waals surface area contributed by atoms with Gasteiger partial charge in [-0.1, -0.05) is 41.9 Å². The maximum Gasteiger partial charge on any atom is 0.261 e. The Labute approximate surface area is 161 Å². The van der Waals surface area contributed by atoms with E-state index in [1.807, 2.05) is 48.5 Å². The fourth-order valence-electron chi connectivity index (χ4n) is 2.71. The summed E-state index contributed by atoms with van der Waals surface area (Å²) in [6.45, 7) is 5.85. The minimum Gasteiger partial charge on any atom is -0.481 e. The van der Waals surface area contributed by atoms with E-state index in [4.69, 9.17) is 4.74 Å². The number of hydrogen-bond donors (Lipinski definition) is 2. The number of benzene rings is 2. The molecule has 0 aliphatic carbocycles. The van der Waals surface area contributed by atoms with Crippen molar-refractivity contribution in [2.24, 2.45) is 5.92 Å². The van der Waals surface area contributed by atoms with Crippen LogP contribution in [0.1, 0.15) is 32.6 Å². The second-order valence-electron chi connectivity index (χ2n) is 6.58. The Kier molecular flexibility index (Phi) is 5.61. The van der Waals surface area contributed by atoms with Gasteiger partial charge in [0, 0.05) is 4.47 Å². The summed E-state index contributed by atoms with van der Waals surface area (Å²) in [5, 5.41) is 3.06. The number of para-hydroxylation sites is 2. The molecule has 2 aromatic carbocycles. The third-order valence-electron chi connectivity index (χ3n) is 4.16. The van der Waals surface area contributed by atoms with Gasteiger partial charge >= 0.3 is 0 Å². The van der Waals surface area contributed by atoms with Crippen molar-refractivity contribution in [3.05, 3.63) is 58.8 Å². The number of carbonyl (C=O) groups is 1. The van der Waals surface area contributed by atoms with Gasteiger partial charge in [0.2, 0.25) is 0 Å². The topological polar surface area (TPSA) is 67.0 Å². The Bertz CT molecular complexity index is 856.